The molecule has 1 aliphatic heterocycles. The van der Waals surface area contributed by atoms with E-state index in [0.29, 0.717) is 12.3 Å². The maximum atomic E-state index is 12.1. The standard InChI is InChI=1S/C13H16N2O2/c1-2-11-5-6-12(17-11)13(16)15-7-3-4-10(8-14)9-15/h5-6,10H,2-4,7,9H2,1H3. The number of hydrogen-bond acceptors (Lipinski definition) is 3. The first-order valence-corrected chi connectivity index (χ1v) is 6.02. The summed E-state index contributed by atoms with van der Waals surface area (Å²) in [5, 5.41) is 8.89. The molecule has 1 saturated heterocycles. The smallest absolute Gasteiger partial charge is 0.289 e. The molecule has 17 heavy (non-hydrogen) atoms. The second-order valence-corrected chi connectivity index (χ2v) is 4.34. The highest BCUT2D eigenvalue weighted by molar-refractivity contribution is 5.91. The first-order chi connectivity index (χ1) is 8.24. The van der Waals surface area contributed by atoms with Crippen molar-refractivity contribution in [1.82, 2.24) is 4.90 Å². The van der Waals surface area contributed by atoms with Crippen LogP contribution in [0.4, 0.5) is 0 Å². The van der Waals surface area contributed by atoms with Crippen molar-refractivity contribution in [1.29, 1.82) is 5.26 Å². The number of piperidine rings is 1. The Bertz CT molecular complexity index is 445. The molecule has 0 spiro atoms. The summed E-state index contributed by atoms with van der Waals surface area (Å²) in [6.07, 6.45) is 2.57. The maximum absolute atomic E-state index is 12.1. The number of hydrogen-bond donors (Lipinski definition) is 0. The van der Waals surface area contributed by atoms with E-state index in [1.165, 1.54) is 0 Å². The first-order valence-electron chi connectivity index (χ1n) is 6.02. The molecule has 0 radical (unpaired) electrons. The molecule has 1 fully saturated rings. The number of aryl methyl sites for hydroxylation is 1. The van der Waals surface area contributed by atoms with Crippen LogP contribution in [0.1, 0.15) is 36.1 Å². The molecule has 0 aromatic carbocycles. The second kappa shape index (κ2) is 5.05. The summed E-state index contributed by atoms with van der Waals surface area (Å²) in [7, 11) is 0. The predicted molar refractivity (Wildman–Crippen MR) is 62.3 cm³/mol. The van der Waals surface area contributed by atoms with Crippen molar-refractivity contribution in [2.75, 3.05) is 13.1 Å². The van der Waals surface area contributed by atoms with Gasteiger partial charge in [0.15, 0.2) is 5.76 Å². The van der Waals surface area contributed by atoms with Gasteiger partial charge in [-0.2, -0.15) is 5.26 Å². The van der Waals surface area contributed by atoms with Gasteiger partial charge in [-0.3, -0.25) is 4.79 Å². The number of nitrogens with zero attached hydrogens (tertiary/aromatic N) is 2. The lowest BCUT2D eigenvalue weighted by Crippen LogP contribution is -2.39. The fourth-order valence-corrected chi connectivity index (χ4v) is 2.11. The average Bonchev–Trinajstić information content (AvgIpc) is 2.86. The zero-order chi connectivity index (χ0) is 12.3. The van der Waals surface area contributed by atoms with Crippen LogP contribution in [0.25, 0.3) is 0 Å². The zero-order valence-corrected chi connectivity index (χ0v) is 9.98. The van der Waals surface area contributed by atoms with E-state index in [0.717, 1.165) is 31.6 Å². The Labute approximate surface area is 101 Å². The van der Waals surface area contributed by atoms with E-state index < -0.39 is 0 Å². The molecule has 90 valence electrons. The van der Waals surface area contributed by atoms with Crippen molar-refractivity contribution < 1.29 is 9.21 Å². The van der Waals surface area contributed by atoms with Gasteiger partial charge in [0.25, 0.3) is 5.91 Å². The van der Waals surface area contributed by atoms with Gasteiger partial charge in [0.1, 0.15) is 5.76 Å². The summed E-state index contributed by atoms with van der Waals surface area (Å²) in [4.78, 5) is 13.8. The monoisotopic (exact) mass is 232 g/mol. The van der Waals surface area contributed by atoms with Crippen LogP contribution in [0, 0.1) is 17.2 Å². The molecule has 0 saturated carbocycles. The Balaban J connectivity index is 2.07. The van der Waals surface area contributed by atoms with Crippen LogP contribution in [0.15, 0.2) is 16.5 Å². The average molecular weight is 232 g/mol. The zero-order valence-electron chi connectivity index (χ0n) is 9.98. The number of nitriles is 1. The molecular formula is C13H16N2O2. The summed E-state index contributed by atoms with van der Waals surface area (Å²) in [6.45, 7) is 3.23. The van der Waals surface area contributed by atoms with Gasteiger partial charge in [-0.25, -0.2) is 0 Å². The lowest BCUT2D eigenvalue weighted by Gasteiger charge is -2.28. The van der Waals surface area contributed by atoms with Crippen molar-refractivity contribution >= 4 is 5.91 Å². The molecule has 4 nitrogen and oxygen atoms in total. The number of carbonyl (C=O) groups is 1. The molecule has 4 heteroatoms. The van der Waals surface area contributed by atoms with Crippen LogP contribution >= 0.6 is 0 Å². The number of furan rings is 1. The Hall–Kier alpha value is -1.76. The lowest BCUT2D eigenvalue weighted by molar-refractivity contribution is 0.0665. The summed E-state index contributed by atoms with van der Waals surface area (Å²) in [6, 6.07) is 5.78. The van der Waals surface area contributed by atoms with Crippen molar-refractivity contribution in [3.63, 3.8) is 0 Å². The van der Waals surface area contributed by atoms with E-state index in [4.69, 9.17) is 9.68 Å². The molecule has 1 aromatic rings. The van der Waals surface area contributed by atoms with Gasteiger partial charge in [0.2, 0.25) is 0 Å². The number of likely N-dealkylation sites (tertiary alicyclic amines) is 1. The Kier molecular flexibility index (Phi) is 3.48. The molecule has 0 bridgehead atoms. The molecule has 2 heterocycles. The van der Waals surface area contributed by atoms with E-state index in [-0.39, 0.29) is 11.8 Å². The lowest BCUT2D eigenvalue weighted by atomic mass is 9.99. The van der Waals surface area contributed by atoms with Crippen LogP contribution in [0.5, 0.6) is 0 Å². The predicted octanol–water partition coefficient (Wildman–Crippen LogP) is 2.22. The third kappa shape index (κ3) is 2.50. The fraction of sp³-hybridized carbons (Fsp3) is 0.538. The van der Waals surface area contributed by atoms with Crippen molar-refractivity contribution in [3.8, 4) is 6.07 Å². The molecule has 1 atom stereocenters. The van der Waals surface area contributed by atoms with Crippen LogP contribution in [0.2, 0.25) is 0 Å². The number of rotatable bonds is 2. The molecule has 1 aromatic heterocycles. The van der Waals surface area contributed by atoms with Gasteiger partial charge < -0.3 is 9.32 Å². The van der Waals surface area contributed by atoms with Gasteiger partial charge in [0, 0.05) is 19.5 Å². The van der Waals surface area contributed by atoms with Crippen molar-refractivity contribution in [2.24, 2.45) is 5.92 Å². The first kappa shape index (κ1) is 11.7. The van der Waals surface area contributed by atoms with Gasteiger partial charge in [-0.15, -0.1) is 0 Å². The summed E-state index contributed by atoms with van der Waals surface area (Å²) in [5.41, 5.74) is 0. The minimum Gasteiger partial charge on any atom is -0.456 e. The van der Waals surface area contributed by atoms with Crippen LogP contribution in [-0.2, 0) is 6.42 Å². The van der Waals surface area contributed by atoms with E-state index in [9.17, 15) is 4.79 Å². The fourth-order valence-electron chi connectivity index (χ4n) is 2.11. The van der Waals surface area contributed by atoms with E-state index in [1.54, 1.807) is 11.0 Å². The highest BCUT2D eigenvalue weighted by Gasteiger charge is 2.25. The summed E-state index contributed by atoms with van der Waals surface area (Å²) >= 11 is 0. The summed E-state index contributed by atoms with van der Waals surface area (Å²) in [5.74, 6) is 1.08. The maximum Gasteiger partial charge on any atom is 0.289 e. The van der Waals surface area contributed by atoms with Gasteiger partial charge in [0.05, 0.1) is 12.0 Å². The molecule has 0 N–H and O–H groups in total. The summed E-state index contributed by atoms with van der Waals surface area (Å²) < 4.78 is 5.44. The molecule has 0 aliphatic carbocycles. The van der Waals surface area contributed by atoms with Crippen LogP contribution < -0.4 is 0 Å². The minimum atomic E-state index is -0.0929. The molecule has 1 aliphatic rings. The third-order valence-corrected chi connectivity index (χ3v) is 3.11. The van der Waals surface area contributed by atoms with Crippen LogP contribution in [0.3, 0.4) is 0 Å². The van der Waals surface area contributed by atoms with Crippen LogP contribution in [-0.4, -0.2) is 23.9 Å². The molecule has 1 amide bonds. The Morgan fingerprint density at radius 2 is 2.47 bits per heavy atom. The molecule has 2 rings (SSSR count). The second-order valence-electron chi connectivity index (χ2n) is 4.34. The van der Waals surface area contributed by atoms with E-state index in [2.05, 4.69) is 6.07 Å². The van der Waals surface area contributed by atoms with E-state index in [1.807, 2.05) is 13.0 Å². The molecule has 1 unspecified atom stereocenters. The SMILES string of the molecule is CCc1ccc(C(=O)N2CCCC(C#N)C2)o1. The van der Waals surface area contributed by atoms with E-state index >= 15 is 0 Å². The van der Waals surface area contributed by atoms with Crippen molar-refractivity contribution in [3.05, 3.63) is 23.7 Å². The Morgan fingerprint density at radius 1 is 1.65 bits per heavy atom. The third-order valence-electron chi connectivity index (χ3n) is 3.11. The number of amides is 1. The number of carbonyl (C=O) groups excluding carboxylic acids is 1. The minimum absolute atomic E-state index is 0.0340. The Morgan fingerprint density at radius 3 is 3.12 bits per heavy atom. The van der Waals surface area contributed by atoms with Crippen molar-refractivity contribution in [2.45, 2.75) is 26.2 Å². The van der Waals surface area contributed by atoms with Gasteiger partial charge in [-0.1, -0.05) is 6.92 Å². The quantitative estimate of drug-likeness (QED) is 0.785. The molecular weight excluding hydrogens is 216 g/mol. The highest BCUT2D eigenvalue weighted by Crippen LogP contribution is 2.19. The van der Waals surface area contributed by atoms with Gasteiger partial charge >= 0.3 is 0 Å². The largest absolute Gasteiger partial charge is 0.456 e. The normalized spacial score (nSPS) is 20.0. The highest BCUT2D eigenvalue weighted by atomic mass is 16.4. The topological polar surface area (TPSA) is 57.2 Å². The van der Waals surface area contributed by atoms with Gasteiger partial charge in [-0.05, 0) is 25.0 Å².